The van der Waals surface area contributed by atoms with Gasteiger partial charge in [-0.15, -0.1) is 5.10 Å². The Labute approximate surface area is 276 Å². The summed E-state index contributed by atoms with van der Waals surface area (Å²) in [5, 5.41) is 25.7. The third-order valence-electron chi connectivity index (χ3n) is 7.51. The minimum atomic E-state index is -5.18. The number of rotatable bonds is 6. The molecule has 0 spiro atoms. The zero-order chi connectivity index (χ0) is 34.5. The summed E-state index contributed by atoms with van der Waals surface area (Å²) in [6, 6.07) is 7.79. The van der Waals surface area contributed by atoms with Gasteiger partial charge in [-0.3, -0.25) is 20.7 Å². The zero-order valence-corrected chi connectivity index (χ0v) is 26.0. The van der Waals surface area contributed by atoms with Crippen LogP contribution in [0.3, 0.4) is 0 Å². The first-order valence-electron chi connectivity index (χ1n) is 14.2. The first kappa shape index (κ1) is 34.1. The number of benzene rings is 2. The number of alkyl halides is 3. The Morgan fingerprint density at radius 1 is 1.12 bits per heavy atom. The molecule has 2 amide bonds. The van der Waals surface area contributed by atoms with Crippen molar-refractivity contribution in [3.8, 4) is 5.69 Å². The average molecular weight is 688 g/mol. The maximum atomic E-state index is 14.8. The third kappa shape index (κ3) is 7.32. The van der Waals surface area contributed by atoms with Crippen LogP contribution in [0.2, 0.25) is 5.02 Å². The number of halogens is 4. The normalized spacial score (nSPS) is 22.2. The van der Waals surface area contributed by atoms with Crippen LogP contribution in [0.25, 0.3) is 11.8 Å². The number of aromatic nitrogens is 4. The van der Waals surface area contributed by atoms with Crippen LogP contribution in [0.1, 0.15) is 17.2 Å². The maximum Gasteiger partial charge on any atom is 0.426 e. The van der Waals surface area contributed by atoms with Crippen molar-refractivity contribution in [1.29, 1.82) is 0 Å². The van der Waals surface area contributed by atoms with E-state index in [1.165, 1.54) is 53.5 Å². The SMILES string of the molecule is COC(=O)Nc1ccc2c(c1)NC(C(=O)OC)(C(F)(F)F)C=CC=CC(NC(=O)C=Cc1cc(Cl)ccc1-n1cnnn1)[C@H]1NCC2N1. The fourth-order valence-electron chi connectivity index (χ4n) is 5.18. The Bertz CT molecular complexity index is 1770. The molecule has 2 aliphatic rings. The van der Waals surface area contributed by atoms with Crippen molar-refractivity contribution >= 4 is 47.0 Å². The summed E-state index contributed by atoms with van der Waals surface area (Å²) in [7, 11) is 1.98. The summed E-state index contributed by atoms with van der Waals surface area (Å²) in [6.45, 7) is 0.224. The molecule has 3 unspecified atom stereocenters. The maximum absolute atomic E-state index is 14.8. The summed E-state index contributed by atoms with van der Waals surface area (Å²) in [6.07, 6.45) is 1.98. The van der Waals surface area contributed by atoms with Crippen LogP contribution in [0.4, 0.5) is 29.3 Å². The molecule has 3 heterocycles. The molecule has 14 nitrogen and oxygen atoms in total. The molecule has 2 aliphatic heterocycles. The van der Waals surface area contributed by atoms with Gasteiger partial charge < -0.3 is 20.1 Å². The molecule has 3 aromatic rings. The Morgan fingerprint density at radius 3 is 2.65 bits per heavy atom. The smallest absolute Gasteiger partial charge is 0.426 e. The molecule has 1 saturated heterocycles. The molecule has 4 atom stereocenters. The number of hydrogen-bond donors (Lipinski definition) is 5. The summed E-state index contributed by atoms with van der Waals surface area (Å²) < 4.78 is 55.0. The van der Waals surface area contributed by atoms with Crippen molar-refractivity contribution < 1.29 is 37.0 Å². The molecule has 1 aromatic heterocycles. The van der Waals surface area contributed by atoms with Gasteiger partial charge in [-0.25, -0.2) is 9.59 Å². The molecule has 0 radical (unpaired) electrons. The van der Waals surface area contributed by atoms with Gasteiger partial charge in [0.25, 0.3) is 5.54 Å². The first-order chi connectivity index (χ1) is 22.9. The molecule has 18 heteroatoms. The number of esters is 1. The number of fused-ring (bicyclic) bond motifs is 4. The van der Waals surface area contributed by atoms with E-state index in [0.717, 1.165) is 20.3 Å². The van der Waals surface area contributed by atoms with Gasteiger partial charge in [0.1, 0.15) is 6.33 Å². The van der Waals surface area contributed by atoms with Crippen molar-refractivity contribution in [3.05, 3.63) is 89.3 Å². The minimum absolute atomic E-state index is 0.104. The van der Waals surface area contributed by atoms with Crippen LogP contribution >= 0.6 is 11.6 Å². The summed E-state index contributed by atoms with van der Waals surface area (Å²) >= 11 is 6.17. The number of nitrogens with zero attached hydrogens (tertiary/aromatic N) is 4. The molecule has 48 heavy (non-hydrogen) atoms. The highest BCUT2D eigenvalue weighted by Crippen LogP contribution is 2.39. The Balaban J connectivity index is 1.49. The minimum Gasteiger partial charge on any atom is -0.467 e. The third-order valence-corrected chi connectivity index (χ3v) is 7.75. The molecule has 2 bridgehead atoms. The number of anilines is 2. The van der Waals surface area contributed by atoms with E-state index in [-0.39, 0.29) is 17.9 Å². The number of hydrogen-bond acceptors (Lipinski definition) is 11. The first-order valence-corrected chi connectivity index (χ1v) is 14.6. The number of methoxy groups -OCH3 is 2. The van der Waals surface area contributed by atoms with Crippen molar-refractivity contribution in [3.63, 3.8) is 0 Å². The largest absolute Gasteiger partial charge is 0.467 e. The van der Waals surface area contributed by atoms with Crippen molar-refractivity contribution in [2.24, 2.45) is 0 Å². The topological polar surface area (TPSA) is 173 Å². The van der Waals surface area contributed by atoms with Gasteiger partial charge in [0, 0.05) is 40.6 Å². The second-order valence-corrected chi connectivity index (χ2v) is 11.0. The highest BCUT2D eigenvalue weighted by molar-refractivity contribution is 6.30. The lowest BCUT2D eigenvalue weighted by atomic mass is 9.94. The van der Waals surface area contributed by atoms with Gasteiger partial charge in [0.05, 0.1) is 32.1 Å². The Morgan fingerprint density at radius 2 is 1.94 bits per heavy atom. The van der Waals surface area contributed by atoms with Gasteiger partial charge in [-0.1, -0.05) is 35.9 Å². The van der Waals surface area contributed by atoms with Crippen LogP contribution in [0.15, 0.2) is 73.1 Å². The average Bonchev–Trinajstić information content (AvgIpc) is 3.77. The van der Waals surface area contributed by atoms with Crippen molar-refractivity contribution in [2.45, 2.75) is 30.0 Å². The number of carbonyl (C=O) groups is 3. The molecular formula is C30H29ClF3N9O5. The quantitative estimate of drug-likeness (QED) is 0.190. The Hall–Kier alpha value is -5.26. The van der Waals surface area contributed by atoms with Crippen LogP contribution in [-0.2, 0) is 19.1 Å². The summed E-state index contributed by atoms with van der Waals surface area (Å²) in [4.78, 5) is 37.9. The van der Waals surface area contributed by atoms with Crippen molar-refractivity contribution in [2.75, 3.05) is 31.4 Å². The standard InChI is InChI=1S/C30H29ClF3N9O5/c1-47-27(45)29(30(32,33)34)12-4-3-5-21(38-25(44)11-6-17-13-18(31)7-10-24(17)43-16-36-41-42-43)26-35-15-23(39-26)20-9-8-19(14-22(20)40-29)37-28(46)48-2/h3-14,16,21,23,26,35,39-40H,15H2,1-2H3,(H,37,46)(H,38,44)/t21?,23?,26-,29?/m0/s1. The number of amides is 2. The van der Waals surface area contributed by atoms with Crippen molar-refractivity contribution in [1.82, 2.24) is 36.2 Å². The molecule has 2 aromatic carbocycles. The van der Waals surface area contributed by atoms with Gasteiger partial charge in [0.15, 0.2) is 0 Å². The number of tetrazole rings is 1. The summed E-state index contributed by atoms with van der Waals surface area (Å²) in [5.41, 5.74) is -1.92. The van der Waals surface area contributed by atoms with Crippen LogP contribution in [0.5, 0.6) is 0 Å². The zero-order valence-electron chi connectivity index (χ0n) is 25.3. The van der Waals surface area contributed by atoms with Gasteiger partial charge in [0.2, 0.25) is 5.91 Å². The van der Waals surface area contributed by atoms with E-state index in [4.69, 9.17) is 11.6 Å². The second kappa shape index (κ2) is 14.2. The van der Waals surface area contributed by atoms with Crippen LogP contribution in [-0.4, -0.2) is 82.9 Å². The molecule has 5 N–H and O–H groups in total. The Kier molecular flexibility index (Phi) is 10.1. The predicted molar refractivity (Wildman–Crippen MR) is 168 cm³/mol. The molecule has 0 aliphatic carbocycles. The molecule has 1 fully saturated rings. The molecule has 0 saturated carbocycles. The van der Waals surface area contributed by atoms with Gasteiger partial charge in [-0.05, 0) is 58.5 Å². The lowest BCUT2D eigenvalue weighted by Gasteiger charge is -2.34. The predicted octanol–water partition coefficient (Wildman–Crippen LogP) is 3.26. The molecule has 252 valence electrons. The lowest BCUT2D eigenvalue weighted by molar-refractivity contribution is -0.189. The monoisotopic (exact) mass is 687 g/mol. The molecule has 5 rings (SSSR count). The fourth-order valence-corrected chi connectivity index (χ4v) is 5.36. The fraction of sp³-hybridized carbons (Fsp3) is 0.267. The highest BCUT2D eigenvalue weighted by Gasteiger charge is 2.60. The van der Waals surface area contributed by atoms with E-state index < -0.39 is 47.9 Å². The number of nitrogens with one attached hydrogen (secondary N) is 5. The highest BCUT2D eigenvalue weighted by atomic mass is 35.5. The number of ether oxygens (including phenoxy) is 2. The van der Waals surface area contributed by atoms with E-state index in [2.05, 4.69) is 51.6 Å². The molecular weight excluding hydrogens is 659 g/mol. The van der Waals surface area contributed by atoms with E-state index in [1.54, 1.807) is 18.2 Å². The number of carbonyl (C=O) groups excluding carboxylic acids is 3. The van der Waals surface area contributed by atoms with E-state index in [1.807, 2.05) is 0 Å². The lowest BCUT2D eigenvalue weighted by Crippen LogP contribution is -2.57. The van der Waals surface area contributed by atoms with E-state index in [9.17, 15) is 27.6 Å². The van der Waals surface area contributed by atoms with E-state index in [0.29, 0.717) is 27.9 Å². The summed E-state index contributed by atoms with van der Waals surface area (Å²) in [5.74, 6) is -2.16. The van der Waals surface area contributed by atoms with Gasteiger partial charge >= 0.3 is 18.2 Å². The van der Waals surface area contributed by atoms with Gasteiger partial charge in [-0.2, -0.15) is 17.9 Å². The number of allylic oxidation sites excluding steroid dienone is 2. The van der Waals surface area contributed by atoms with Crippen LogP contribution in [0, 0.1) is 0 Å². The van der Waals surface area contributed by atoms with Crippen LogP contribution < -0.4 is 26.6 Å². The second-order valence-electron chi connectivity index (χ2n) is 10.5. The van der Waals surface area contributed by atoms with E-state index >= 15 is 0 Å².